The zero-order valence-corrected chi connectivity index (χ0v) is 28.5. The molecule has 0 aliphatic carbocycles. The van der Waals surface area contributed by atoms with E-state index in [0.29, 0.717) is 0 Å². The van der Waals surface area contributed by atoms with Gasteiger partial charge in [0.2, 0.25) is 5.95 Å². The van der Waals surface area contributed by atoms with Crippen molar-refractivity contribution in [3.63, 3.8) is 0 Å². The van der Waals surface area contributed by atoms with Gasteiger partial charge >= 0.3 is 17.1 Å². The number of ether oxygens (including phenoxy) is 1. The molecule has 4 atom stereocenters. The molecule has 2 aliphatic heterocycles. The van der Waals surface area contributed by atoms with Crippen molar-refractivity contribution < 1.29 is 27.6 Å². The summed E-state index contributed by atoms with van der Waals surface area (Å²) in [6.45, 7) is 17.0. The van der Waals surface area contributed by atoms with E-state index < -0.39 is 56.9 Å². The van der Waals surface area contributed by atoms with Gasteiger partial charge in [-0.05, 0) is 22.2 Å². The minimum Gasteiger partial charge on any atom is -0.414 e. The quantitative estimate of drug-likeness (QED) is 0.295. The number of carbonyl (C=O) groups excluding carboxylic acids is 1. The van der Waals surface area contributed by atoms with Crippen LogP contribution in [0.15, 0.2) is 11.1 Å². The summed E-state index contributed by atoms with van der Waals surface area (Å²) in [6.07, 6.45) is -2.26. The average Bonchev–Trinajstić information content (AvgIpc) is 3.38. The Balaban J connectivity index is 1.76. The van der Waals surface area contributed by atoms with Gasteiger partial charge in [-0.1, -0.05) is 90.2 Å². The molecular weight excluding hydrogens is 633 g/mol. The molecule has 0 saturated carbocycles. The molecule has 0 spiro atoms. The maximum Gasteiger partial charge on any atom is 0.335 e. The molecule has 41 heavy (non-hydrogen) atoms. The highest BCUT2D eigenvalue weighted by molar-refractivity contribution is 6.84. The Bertz CT molecular complexity index is 1320. The average molecular weight is 671 g/mol. The number of aromatic nitrogens is 4. The molecular formula is C24H38Cl3N5O7Si2. The van der Waals surface area contributed by atoms with Crippen molar-refractivity contribution >= 4 is 74.9 Å². The SMILES string of the molecule is CC(C)[Si]1(C(C)C)OC[C@H]2O[C@@H](n3cnc4c(=O)[nH]c(NC(=O)C(Cl)(Cl)Cl)nc43)[C@H](O)[C@@H]2O[Si](C(C)C)(C(C)C)O1. The molecule has 1 amide bonds. The number of fused-ring (bicyclic) bond motifs is 2. The molecule has 2 aromatic rings. The molecule has 0 aromatic carbocycles. The number of aromatic amines is 1. The zero-order valence-electron chi connectivity index (χ0n) is 24.3. The number of hydrogen-bond acceptors (Lipinski definition) is 9. The lowest BCUT2D eigenvalue weighted by atomic mass is 10.1. The molecule has 3 N–H and O–H groups in total. The van der Waals surface area contributed by atoms with Crippen LogP contribution in [0.1, 0.15) is 61.6 Å². The van der Waals surface area contributed by atoms with E-state index in [9.17, 15) is 14.7 Å². The second-order valence-electron chi connectivity index (χ2n) is 11.8. The van der Waals surface area contributed by atoms with Crippen LogP contribution < -0.4 is 10.9 Å². The third-order valence-electron chi connectivity index (χ3n) is 7.84. The fourth-order valence-electron chi connectivity index (χ4n) is 5.72. The smallest absolute Gasteiger partial charge is 0.335 e. The first kappa shape index (κ1) is 32.8. The van der Waals surface area contributed by atoms with Crippen molar-refractivity contribution in [1.29, 1.82) is 0 Å². The maximum atomic E-state index is 12.7. The Morgan fingerprint density at radius 2 is 1.68 bits per heavy atom. The maximum absolute atomic E-state index is 12.7. The Morgan fingerprint density at radius 1 is 1.10 bits per heavy atom. The summed E-state index contributed by atoms with van der Waals surface area (Å²) in [4.78, 5) is 35.8. The van der Waals surface area contributed by atoms with Crippen molar-refractivity contribution in [3.8, 4) is 0 Å². The fraction of sp³-hybridized carbons (Fsp3) is 0.750. The Hall–Kier alpha value is -1.08. The van der Waals surface area contributed by atoms with Crippen molar-refractivity contribution in [1.82, 2.24) is 19.5 Å². The number of aliphatic hydroxyl groups excluding tert-OH is 1. The van der Waals surface area contributed by atoms with Gasteiger partial charge in [0.15, 0.2) is 17.4 Å². The van der Waals surface area contributed by atoms with Gasteiger partial charge in [-0.25, -0.2) is 4.98 Å². The molecule has 0 unspecified atom stereocenters. The van der Waals surface area contributed by atoms with E-state index in [-0.39, 0.29) is 45.9 Å². The predicted octanol–water partition coefficient (Wildman–Crippen LogP) is 4.64. The zero-order chi connectivity index (χ0) is 30.7. The van der Waals surface area contributed by atoms with Crippen LogP contribution in [-0.4, -0.2) is 76.4 Å². The molecule has 2 saturated heterocycles. The highest BCUT2D eigenvalue weighted by Crippen LogP contribution is 2.48. The van der Waals surface area contributed by atoms with E-state index in [4.69, 9.17) is 52.5 Å². The van der Waals surface area contributed by atoms with Crippen LogP contribution in [0.2, 0.25) is 22.2 Å². The van der Waals surface area contributed by atoms with Crippen molar-refractivity contribution in [2.45, 2.75) is 106 Å². The van der Waals surface area contributed by atoms with Gasteiger partial charge in [0.25, 0.3) is 15.3 Å². The first-order valence-corrected chi connectivity index (χ1v) is 18.7. The van der Waals surface area contributed by atoms with Crippen LogP contribution in [0, 0.1) is 0 Å². The fourth-order valence-corrected chi connectivity index (χ4v) is 17.1. The molecule has 17 heteroatoms. The van der Waals surface area contributed by atoms with E-state index in [1.165, 1.54) is 10.9 Å². The van der Waals surface area contributed by atoms with Crippen molar-refractivity contribution in [2.75, 3.05) is 11.9 Å². The molecule has 2 fully saturated rings. The number of hydrogen-bond donors (Lipinski definition) is 3. The second kappa shape index (κ2) is 11.8. The number of nitrogens with one attached hydrogen (secondary N) is 2. The molecule has 0 radical (unpaired) electrons. The van der Waals surface area contributed by atoms with E-state index in [1.807, 2.05) is 0 Å². The summed E-state index contributed by atoms with van der Waals surface area (Å²) in [5.74, 6) is -1.27. The Labute approximate surface area is 255 Å². The highest BCUT2D eigenvalue weighted by atomic mass is 35.6. The number of halogens is 3. The van der Waals surface area contributed by atoms with E-state index in [2.05, 4.69) is 75.7 Å². The van der Waals surface area contributed by atoms with Crippen LogP contribution in [0.25, 0.3) is 11.2 Å². The van der Waals surface area contributed by atoms with Gasteiger partial charge < -0.3 is 22.8 Å². The first-order valence-electron chi connectivity index (χ1n) is 13.6. The predicted molar refractivity (Wildman–Crippen MR) is 161 cm³/mol. The molecule has 12 nitrogen and oxygen atoms in total. The highest BCUT2D eigenvalue weighted by Gasteiger charge is 2.61. The Kier molecular flexibility index (Phi) is 9.44. The van der Waals surface area contributed by atoms with Crippen LogP contribution in [0.5, 0.6) is 0 Å². The summed E-state index contributed by atoms with van der Waals surface area (Å²) in [6, 6.07) is 0. The van der Waals surface area contributed by atoms with Gasteiger partial charge in [-0.2, -0.15) is 4.98 Å². The summed E-state index contributed by atoms with van der Waals surface area (Å²) in [7, 11) is -5.83. The van der Waals surface area contributed by atoms with Gasteiger partial charge in [-0.3, -0.25) is 24.5 Å². The summed E-state index contributed by atoms with van der Waals surface area (Å²) >= 11 is 16.9. The standard InChI is InChI=1S/C24H38Cl3N5O7Si2/c1-11(2)40(12(3)4)36-9-15-18(38-41(39-40,13(5)6)14(7)8)17(33)21(37-15)32-10-28-16-19(32)29-23(30-20(16)34)31-22(35)24(25,26)27/h10-15,17-18,21,33H,9H2,1-8H3,(H2,29,30,31,34,35)/t15-,17-,18-,21-/m1/s1. The molecule has 230 valence electrons. The topological polar surface area (TPSA) is 150 Å². The minimum atomic E-state index is -3.01. The van der Waals surface area contributed by atoms with Gasteiger partial charge in [-0.15, -0.1) is 0 Å². The molecule has 2 aliphatic rings. The van der Waals surface area contributed by atoms with Crippen LogP contribution in [0.3, 0.4) is 0 Å². The van der Waals surface area contributed by atoms with E-state index in [0.717, 1.165) is 0 Å². The number of carbonyl (C=O) groups is 1. The third-order valence-corrected chi connectivity index (χ3v) is 18.6. The summed E-state index contributed by atoms with van der Waals surface area (Å²) < 4.78 is 26.4. The number of imidazole rings is 1. The number of aliphatic hydroxyl groups is 1. The number of anilines is 1. The number of nitrogens with zero attached hydrogens (tertiary/aromatic N) is 3. The monoisotopic (exact) mass is 669 g/mol. The van der Waals surface area contributed by atoms with Gasteiger partial charge in [0.05, 0.1) is 12.9 Å². The Morgan fingerprint density at radius 3 is 2.22 bits per heavy atom. The molecule has 0 bridgehead atoms. The number of H-pyrrole nitrogens is 1. The second-order valence-corrected chi connectivity index (χ2v) is 22.9. The van der Waals surface area contributed by atoms with E-state index in [1.54, 1.807) is 0 Å². The lowest BCUT2D eigenvalue weighted by molar-refractivity contribution is -0.115. The number of alkyl halides is 3. The summed E-state index contributed by atoms with van der Waals surface area (Å²) in [5, 5.41) is 13.9. The lowest BCUT2D eigenvalue weighted by Crippen LogP contribution is -2.65. The van der Waals surface area contributed by atoms with Crippen LogP contribution in [-0.2, 0) is 22.5 Å². The van der Waals surface area contributed by atoms with Crippen molar-refractivity contribution in [3.05, 3.63) is 16.7 Å². The number of amides is 1. The van der Waals surface area contributed by atoms with Gasteiger partial charge in [0, 0.05) is 0 Å². The van der Waals surface area contributed by atoms with Crippen LogP contribution >= 0.6 is 34.8 Å². The summed E-state index contributed by atoms with van der Waals surface area (Å²) in [5.41, 5.74) is -0.231. The van der Waals surface area contributed by atoms with Gasteiger partial charge in [0.1, 0.15) is 18.3 Å². The number of rotatable bonds is 6. The molecule has 2 aromatic heterocycles. The minimum absolute atomic E-state index is 0.0309. The molecule has 4 heterocycles. The third kappa shape index (κ3) is 5.89. The normalized spacial score (nSPS) is 26.5. The van der Waals surface area contributed by atoms with Crippen LogP contribution in [0.4, 0.5) is 5.95 Å². The first-order chi connectivity index (χ1) is 18.9. The lowest BCUT2D eigenvalue weighted by Gasteiger charge is -2.51. The molecule has 4 rings (SSSR count). The largest absolute Gasteiger partial charge is 0.414 e. The van der Waals surface area contributed by atoms with Crippen molar-refractivity contribution in [2.24, 2.45) is 0 Å². The van der Waals surface area contributed by atoms with E-state index >= 15 is 0 Å².